The van der Waals surface area contributed by atoms with Crippen molar-refractivity contribution in [2.45, 2.75) is 39.8 Å². The molecule has 1 fully saturated rings. The lowest BCUT2D eigenvalue weighted by atomic mass is 9.99. The van der Waals surface area contributed by atoms with Gasteiger partial charge in [-0.05, 0) is 67.6 Å². The molecule has 2 aromatic rings. The van der Waals surface area contributed by atoms with Crippen molar-refractivity contribution in [3.05, 3.63) is 70.8 Å². The highest BCUT2D eigenvalue weighted by Crippen LogP contribution is 2.18. The highest BCUT2D eigenvalue weighted by Gasteiger charge is 2.15. The third-order valence-corrected chi connectivity index (χ3v) is 5.20. The molecule has 0 aromatic heterocycles. The summed E-state index contributed by atoms with van der Waals surface area (Å²) in [6.07, 6.45) is 2.58. The van der Waals surface area contributed by atoms with Gasteiger partial charge < -0.3 is 5.32 Å². The molecule has 3 heteroatoms. The third kappa shape index (κ3) is 4.93. The Morgan fingerprint density at radius 3 is 2.44 bits per heavy atom. The molecule has 1 aliphatic heterocycles. The van der Waals surface area contributed by atoms with Crippen LogP contribution in [0.4, 0.5) is 0 Å². The molecule has 3 rings (SSSR count). The van der Waals surface area contributed by atoms with E-state index in [2.05, 4.69) is 48.3 Å². The SMILES string of the molecule is Cc1ccccc1CNC(=O)c1ccc(CN2CCC(C)CC2)cc1. The first-order valence-corrected chi connectivity index (χ1v) is 9.26. The fourth-order valence-corrected chi connectivity index (χ4v) is 3.33. The molecule has 0 spiro atoms. The van der Waals surface area contributed by atoms with Crippen LogP contribution in [0.5, 0.6) is 0 Å². The lowest BCUT2D eigenvalue weighted by Gasteiger charge is -2.30. The number of aryl methyl sites for hydroxylation is 1. The summed E-state index contributed by atoms with van der Waals surface area (Å²) >= 11 is 0. The van der Waals surface area contributed by atoms with Crippen LogP contribution in [0.2, 0.25) is 0 Å². The number of carbonyl (C=O) groups is 1. The van der Waals surface area contributed by atoms with Gasteiger partial charge in [0.1, 0.15) is 0 Å². The van der Waals surface area contributed by atoms with Crippen molar-refractivity contribution < 1.29 is 4.79 Å². The molecule has 1 amide bonds. The predicted molar refractivity (Wildman–Crippen MR) is 102 cm³/mol. The Hall–Kier alpha value is -2.13. The van der Waals surface area contributed by atoms with Gasteiger partial charge in [0.05, 0.1) is 0 Å². The Kier molecular flexibility index (Phi) is 5.87. The van der Waals surface area contributed by atoms with Crippen LogP contribution in [0.25, 0.3) is 0 Å². The molecule has 1 N–H and O–H groups in total. The predicted octanol–water partition coefficient (Wildman–Crippen LogP) is 4.16. The molecular formula is C22H28N2O. The maximum absolute atomic E-state index is 12.3. The number of amides is 1. The number of piperidine rings is 1. The Morgan fingerprint density at radius 2 is 1.76 bits per heavy atom. The smallest absolute Gasteiger partial charge is 0.251 e. The maximum atomic E-state index is 12.3. The summed E-state index contributed by atoms with van der Waals surface area (Å²) in [5.74, 6) is 0.845. The van der Waals surface area contributed by atoms with Crippen LogP contribution in [-0.2, 0) is 13.1 Å². The van der Waals surface area contributed by atoms with E-state index in [1.165, 1.54) is 37.1 Å². The standard InChI is InChI=1S/C22H28N2O/c1-17-11-13-24(14-12-17)16-19-7-9-20(10-8-19)22(25)23-15-21-6-4-3-5-18(21)2/h3-10,17H,11-16H2,1-2H3,(H,23,25). The normalized spacial score (nSPS) is 15.9. The van der Waals surface area contributed by atoms with Crippen LogP contribution in [0, 0.1) is 12.8 Å². The van der Waals surface area contributed by atoms with E-state index in [4.69, 9.17) is 0 Å². The van der Waals surface area contributed by atoms with Crippen LogP contribution < -0.4 is 5.32 Å². The number of hydrogen-bond donors (Lipinski definition) is 1. The van der Waals surface area contributed by atoms with Crippen molar-refractivity contribution in [2.75, 3.05) is 13.1 Å². The lowest BCUT2D eigenvalue weighted by Crippen LogP contribution is -2.32. The van der Waals surface area contributed by atoms with Crippen molar-refractivity contribution in [3.63, 3.8) is 0 Å². The first-order valence-electron chi connectivity index (χ1n) is 9.26. The van der Waals surface area contributed by atoms with E-state index in [1.54, 1.807) is 0 Å². The number of rotatable bonds is 5. The van der Waals surface area contributed by atoms with Crippen molar-refractivity contribution in [1.82, 2.24) is 10.2 Å². The summed E-state index contributed by atoms with van der Waals surface area (Å²) < 4.78 is 0. The average Bonchev–Trinajstić information content (AvgIpc) is 2.63. The summed E-state index contributed by atoms with van der Waals surface area (Å²) in [6.45, 7) is 8.32. The van der Waals surface area contributed by atoms with E-state index >= 15 is 0 Å². The molecule has 2 aromatic carbocycles. The quantitative estimate of drug-likeness (QED) is 0.889. The van der Waals surface area contributed by atoms with Crippen LogP contribution in [-0.4, -0.2) is 23.9 Å². The summed E-state index contributed by atoms with van der Waals surface area (Å²) in [7, 11) is 0. The fourth-order valence-electron chi connectivity index (χ4n) is 3.33. The molecule has 0 atom stereocenters. The molecule has 0 saturated carbocycles. The van der Waals surface area contributed by atoms with Gasteiger partial charge in [-0.3, -0.25) is 9.69 Å². The van der Waals surface area contributed by atoms with Crippen molar-refractivity contribution >= 4 is 5.91 Å². The van der Waals surface area contributed by atoms with Crippen LogP contribution in [0.3, 0.4) is 0 Å². The molecule has 1 aliphatic rings. The van der Waals surface area contributed by atoms with Gasteiger partial charge >= 0.3 is 0 Å². The molecule has 0 bridgehead atoms. The number of benzene rings is 2. The first kappa shape index (κ1) is 17.7. The van der Waals surface area contributed by atoms with E-state index in [-0.39, 0.29) is 5.91 Å². The topological polar surface area (TPSA) is 32.3 Å². The molecule has 0 aliphatic carbocycles. The number of carbonyl (C=O) groups excluding carboxylic acids is 1. The molecule has 0 unspecified atom stereocenters. The van der Waals surface area contributed by atoms with Crippen LogP contribution in [0.1, 0.15) is 46.8 Å². The fraction of sp³-hybridized carbons (Fsp3) is 0.409. The van der Waals surface area contributed by atoms with Crippen molar-refractivity contribution in [2.24, 2.45) is 5.92 Å². The Balaban J connectivity index is 1.53. The second kappa shape index (κ2) is 8.30. The van der Waals surface area contributed by atoms with E-state index in [9.17, 15) is 4.79 Å². The second-order valence-electron chi connectivity index (χ2n) is 7.26. The minimum Gasteiger partial charge on any atom is -0.348 e. The molecule has 25 heavy (non-hydrogen) atoms. The lowest BCUT2D eigenvalue weighted by molar-refractivity contribution is 0.0951. The van der Waals surface area contributed by atoms with Gasteiger partial charge in [0.15, 0.2) is 0 Å². The number of nitrogens with one attached hydrogen (secondary N) is 1. The number of hydrogen-bond acceptors (Lipinski definition) is 2. The monoisotopic (exact) mass is 336 g/mol. The minimum absolute atomic E-state index is 0.0124. The van der Waals surface area contributed by atoms with E-state index in [0.29, 0.717) is 6.54 Å². The first-order chi connectivity index (χ1) is 12.1. The Labute approximate surface area is 151 Å². The van der Waals surface area contributed by atoms with Gasteiger partial charge in [-0.2, -0.15) is 0 Å². The Morgan fingerprint density at radius 1 is 1.08 bits per heavy atom. The van der Waals surface area contributed by atoms with Crippen molar-refractivity contribution in [1.29, 1.82) is 0 Å². The van der Waals surface area contributed by atoms with E-state index < -0.39 is 0 Å². The summed E-state index contributed by atoms with van der Waals surface area (Å²) in [6, 6.07) is 16.2. The average molecular weight is 336 g/mol. The van der Waals surface area contributed by atoms with Gasteiger partial charge in [0.2, 0.25) is 0 Å². The number of likely N-dealkylation sites (tertiary alicyclic amines) is 1. The van der Waals surface area contributed by atoms with E-state index in [0.717, 1.165) is 23.6 Å². The van der Waals surface area contributed by atoms with Gasteiger partial charge in [0.25, 0.3) is 5.91 Å². The summed E-state index contributed by atoms with van der Waals surface area (Å²) in [5.41, 5.74) is 4.37. The largest absolute Gasteiger partial charge is 0.348 e. The zero-order valence-corrected chi connectivity index (χ0v) is 15.3. The zero-order valence-electron chi connectivity index (χ0n) is 15.3. The van der Waals surface area contributed by atoms with Gasteiger partial charge in [-0.1, -0.05) is 43.3 Å². The third-order valence-electron chi connectivity index (χ3n) is 5.20. The van der Waals surface area contributed by atoms with Crippen LogP contribution in [0.15, 0.2) is 48.5 Å². The minimum atomic E-state index is -0.0124. The number of nitrogens with zero attached hydrogens (tertiary/aromatic N) is 1. The van der Waals surface area contributed by atoms with Gasteiger partial charge in [0, 0.05) is 18.7 Å². The molecule has 1 heterocycles. The molecule has 3 nitrogen and oxygen atoms in total. The second-order valence-corrected chi connectivity index (χ2v) is 7.26. The van der Waals surface area contributed by atoms with Crippen LogP contribution >= 0.6 is 0 Å². The maximum Gasteiger partial charge on any atom is 0.251 e. The Bertz CT molecular complexity index is 700. The zero-order chi connectivity index (χ0) is 17.6. The molecule has 132 valence electrons. The highest BCUT2D eigenvalue weighted by molar-refractivity contribution is 5.94. The summed E-state index contributed by atoms with van der Waals surface area (Å²) in [4.78, 5) is 14.9. The van der Waals surface area contributed by atoms with E-state index in [1.807, 2.05) is 24.3 Å². The molecular weight excluding hydrogens is 308 g/mol. The molecule has 1 saturated heterocycles. The summed E-state index contributed by atoms with van der Waals surface area (Å²) in [5, 5.41) is 3.01. The molecule has 0 radical (unpaired) electrons. The van der Waals surface area contributed by atoms with Gasteiger partial charge in [-0.25, -0.2) is 0 Å². The highest BCUT2D eigenvalue weighted by atomic mass is 16.1. The van der Waals surface area contributed by atoms with Crippen molar-refractivity contribution in [3.8, 4) is 0 Å². The van der Waals surface area contributed by atoms with Gasteiger partial charge in [-0.15, -0.1) is 0 Å².